The van der Waals surface area contributed by atoms with Gasteiger partial charge in [-0.05, 0) is 19.3 Å². The highest BCUT2D eigenvalue weighted by atomic mass is 16.3. The Hall–Kier alpha value is -0.810. The van der Waals surface area contributed by atoms with Gasteiger partial charge in [0.1, 0.15) is 0 Å². The lowest BCUT2D eigenvalue weighted by Gasteiger charge is -2.37. The van der Waals surface area contributed by atoms with Crippen molar-refractivity contribution in [3.63, 3.8) is 0 Å². The van der Waals surface area contributed by atoms with E-state index in [0.717, 1.165) is 13.0 Å². The van der Waals surface area contributed by atoms with Crippen molar-refractivity contribution in [3.05, 3.63) is 0 Å². The van der Waals surface area contributed by atoms with Crippen LogP contribution < -0.4 is 10.6 Å². The standard InChI is InChI=1S/C11H21N3O2/c1-12-11(16)14-5-8(7-15)4-10(6-14)13-9-2-3-9/h8-10,13,15H,2-7H2,1H3,(H,12,16). The normalized spacial score (nSPS) is 30.2. The number of carbonyl (C=O) groups excluding carboxylic acids is 1. The van der Waals surface area contributed by atoms with Crippen molar-refractivity contribution in [2.75, 3.05) is 26.7 Å². The molecule has 0 spiro atoms. The molecule has 1 heterocycles. The first-order valence-corrected chi connectivity index (χ1v) is 6.06. The third kappa shape index (κ3) is 2.86. The molecule has 2 rings (SSSR count). The van der Waals surface area contributed by atoms with Crippen LogP contribution in [0.15, 0.2) is 0 Å². The topological polar surface area (TPSA) is 64.6 Å². The molecule has 2 aliphatic rings. The molecule has 0 aromatic heterocycles. The van der Waals surface area contributed by atoms with Crippen LogP contribution in [0.2, 0.25) is 0 Å². The SMILES string of the molecule is CNC(=O)N1CC(CO)CC(NC2CC2)C1. The van der Waals surface area contributed by atoms with E-state index in [0.29, 0.717) is 18.6 Å². The number of rotatable bonds is 3. The predicted molar refractivity (Wildman–Crippen MR) is 61.2 cm³/mol. The van der Waals surface area contributed by atoms with Gasteiger partial charge in [0.25, 0.3) is 0 Å². The van der Waals surface area contributed by atoms with Gasteiger partial charge in [-0.15, -0.1) is 0 Å². The molecule has 2 fully saturated rings. The van der Waals surface area contributed by atoms with Crippen LogP contribution in [-0.2, 0) is 0 Å². The molecule has 1 saturated carbocycles. The first kappa shape index (κ1) is 11.7. The monoisotopic (exact) mass is 227 g/mol. The zero-order valence-corrected chi connectivity index (χ0v) is 9.78. The highest BCUT2D eigenvalue weighted by Gasteiger charge is 2.32. The maximum absolute atomic E-state index is 11.6. The van der Waals surface area contributed by atoms with E-state index in [1.54, 1.807) is 11.9 Å². The minimum Gasteiger partial charge on any atom is -0.396 e. The molecular weight excluding hydrogens is 206 g/mol. The smallest absolute Gasteiger partial charge is 0.317 e. The fraction of sp³-hybridized carbons (Fsp3) is 0.909. The van der Waals surface area contributed by atoms with Crippen LogP contribution in [-0.4, -0.2) is 54.9 Å². The molecule has 3 N–H and O–H groups in total. The summed E-state index contributed by atoms with van der Waals surface area (Å²) in [4.78, 5) is 13.4. The largest absolute Gasteiger partial charge is 0.396 e. The van der Waals surface area contributed by atoms with E-state index in [4.69, 9.17) is 0 Å². The summed E-state index contributed by atoms with van der Waals surface area (Å²) in [6, 6.07) is 0.949. The van der Waals surface area contributed by atoms with Crippen LogP contribution in [0, 0.1) is 5.92 Å². The Morgan fingerprint density at radius 3 is 2.69 bits per heavy atom. The van der Waals surface area contributed by atoms with E-state index in [-0.39, 0.29) is 18.6 Å². The molecule has 5 nitrogen and oxygen atoms in total. The second kappa shape index (κ2) is 5.01. The Morgan fingerprint density at radius 2 is 2.12 bits per heavy atom. The summed E-state index contributed by atoms with van der Waals surface area (Å²) in [6.07, 6.45) is 3.47. The van der Waals surface area contributed by atoms with Gasteiger partial charge in [0.05, 0.1) is 0 Å². The fourth-order valence-electron chi connectivity index (χ4n) is 2.36. The van der Waals surface area contributed by atoms with E-state index in [9.17, 15) is 9.90 Å². The average molecular weight is 227 g/mol. The minimum atomic E-state index is -0.0410. The zero-order valence-electron chi connectivity index (χ0n) is 9.78. The van der Waals surface area contributed by atoms with Crippen LogP contribution in [0.25, 0.3) is 0 Å². The summed E-state index contributed by atoms with van der Waals surface area (Å²) < 4.78 is 0. The first-order chi connectivity index (χ1) is 7.72. The molecule has 1 saturated heterocycles. The van der Waals surface area contributed by atoms with Gasteiger partial charge in [-0.1, -0.05) is 0 Å². The molecule has 1 aliphatic carbocycles. The van der Waals surface area contributed by atoms with Gasteiger partial charge in [-0.2, -0.15) is 0 Å². The Labute approximate surface area is 96.2 Å². The fourth-order valence-corrected chi connectivity index (χ4v) is 2.36. The number of aliphatic hydroxyl groups is 1. The second-order valence-electron chi connectivity index (χ2n) is 4.88. The molecule has 0 bridgehead atoms. The predicted octanol–water partition coefficient (Wildman–Crippen LogP) is -0.239. The minimum absolute atomic E-state index is 0.0410. The Kier molecular flexibility index (Phi) is 3.66. The van der Waals surface area contributed by atoms with Crippen LogP contribution in [0.3, 0.4) is 0 Å². The zero-order chi connectivity index (χ0) is 11.5. The number of likely N-dealkylation sites (tertiary alicyclic amines) is 1. The van der Waals surface area contributed by atoms with Gasteiger partial charge in [-0.3, -0.25) is 0 Å². The van der Waals surface area contributed by atoms with Gasteiger partial charge >= 0.3 is 6.03 Å². The highest BCUT2D eigenvalue weighted by molar-refractivity contribution is 5.74. The summed E-state index contributed by atoms with van der Waals surface area (Å²) >= 11 is 0. The number of urea groups is 1. The van der Waals surface area contributed by atoms with Crippen molar-refractivity contribution in [2.45, 2.75) is 31.3 Å². The van der Waals surface area contributed by atoms with Gasteiger partial charge in [0, 0.05) is 44.7 Å². The van der Waals surface area contributed by atoms with Crippen molar-refractivity contribution in [1.82, 2.24) is 15.5 Å². The van der Waals surface area contributed by atoms with Crippen molar-refractivity contribution < 1.29 is 9.90 Å². The van der Waals surface area contributed by atoms with E-state index in [1.807, 2.05) is 0 Å². The molecule has 0 aromatic rings. The van der Waals surface area contributed by atoms with Gasteiger partial charge in [0.15, 0.2) is 0 Å². The molecule has 92 valence electrons. The maximum Gasteiger partial charge on any atom is 0.317 e. The summed E-state index contributed by atoms with van der Waals surface area (Å²) in [7, 11) is 1.65. The van der Waals surface area contributed by atoms with Gasteiger partial charge in [0.2, 0.25) is 0 Å². The quantitative estimate of drug-likeness (QED) is 0.623. The average Bonchev–Trinajstić information content (AvgIpc) is 3.11. The van der Waals surface area contributed by atoms with Crippen LogP contribution >= 0.6 is 0 Å². The highest BCUT2D eigenvalue weighted by Crippen LogP contribution is 2.23. The molecule has 2 amide bonds. The summed E-state index contributed by atoms with van der Waals surface area (Å²) in [5.41, 5.74) is 0. The van der Waals surface area contributed by atoms with Crippen molar-refractivity contribution >= 4 is 6.03 Å². The molecule has 2 unspecified atom stereocenters. The Balaban J connectivity index is 1.90. The van der Waals surface area contributed by atoms with Crippen LogP contribution in [0.4, 0.5) is 4.79 Å². The van der Waals surface area contributed by atoms with Gasteiger partial charge < -0.3 is 20.6 Å². The molecular formula is C11H21N3O2. The molecule has 0 aromatic carbocycles. The number of piperidine rings is 1. The Morgan fingerprint density at radius 1 is 1.38 bits per heavy atom. The summed E-state index contributed by atoms with van der Waals surface area (Å²) in [6.45, 7) is 1.59. The first-order valence-electron chi connectivity index (χ1n) is 6.06. The Bertz CT molecular complexity index is 256. The number of hydrogen-bond acceptors (Lipinski definition) is 3. The van der Waals surface area contributed by atoms with E-state index in [2.05, 4.69) is 10.6 Å². The number of hydrogen-bond donors (Lipinski definition) is 3. The third-order valence-electron chi connectivity index (χ3n) is 3.35. The molecule has 2 atom stereocenters. The van der Waals surface area contributed by atoms with Crippen molar-refractivity contribution in [1.29, 1.82) is 0 Å². The summed E-state index contributed by atoms with van der Waals surface area (Å²) in [5.74, 6) is 0.210. The summed E-state index contributed by atoms with van der Waals surface area (Å²) in [5, 5.41) is 15.4. The molecule has 1 aliphatic heterocycles. The number of nitrogens with one attached hydrogen (secondary N) is 2. The number of carbonyl (C=O) groups is 1. The van der Waals surface area contributed by atoms with Gasteiger partial charge in [-0.25, -0.2) is 4.79 Å². The van der Waals surface area contributed by atoms with E-state index in [1.165, 1.54) is 12.8 Å². The molecule has 16 heavy (non-hydrogen) atoms. The molecule has 0 radical (unpaired) electrons. The lowest BCUT2D eigenvalue weighted by Crippen LogP contribution is -2.54. The maximum atomic E-state index is 11.6. The lowest BCUT2D eigenvalue weighted by molar-refractivity contribution is 0.111. The number of aliphatic hydroxyl groups excluding tert-OH is 1. The van der Waals surface area contributed by atoms with E-state index < -0.39 is 0 Å². The second-order valence-corrected chi connectivity index (χ2v) is 4.88. The van der Waals surface area contributed by atoms with E-state index >= 15 is 0 Å². The number of nitrogens with zero attached hydrogens (tertiary/aromatic N) is 1. The number of amides is 2. The van der Waals surface area contributed by atoms with Crippen LogP contribution in [0.1, 0.15) is 19.3 Å². The van der Waals surface area contributed by atoms with Crippen molar-refractivity contribution in [2.24, 2.45) is 5.92 Å². The molecule has 5 heteroatoms. The third-order valence-corrected chi connectivity index (χ3v) is 3.35. The van der Waals surface area contributed by atoms with Crippen molar-refractivity contribution in [3.8, 4) is 0 Å². The lowest BCUT2D eigenvalue weighted by atomic mass is 9.95. The van der Waals surface area contributed by atoms with Crippen LogP contribution in [0.5, 0.6) is 0 Å².